The molecule has 0 saturated carbocycles. The third-order valence-corrected chi connectivity index (χ3v) is 6.44. The summed E-state index contributed by atoms with van der Waals surface area (Å²) in [6.07, 6.45) is 1.70. The van der Waals surface area contributed by atoms with E-state index in [1.54, 1.807) is 19.1 Å². The van der Waals surface area contributed by atoms with E-state index in [1.807, 2.05) is 0 Å². The molecule has 0 radical (unpaired) electrons. The fourth-order valence-electron chi connectivity index (χ4n) is 2.01. The molecule has 0 aliphatic rings. The number of nitrogens with zero attached hydrogens (tertiary/aromatic N) is 1. The van der Waals surface area contributed by atoms with E-state index in [4.69, 9.17) is 0 Å². The lowest BCUT2D eigenvalue weighted by molar-refractivity contribution is 0.198. The number of hydrogen-bond donors (Lipinski definition) is 0. The molecule has 9 nitrogen and oxygen atoms in total. The molecule has 12 heteroatoms. The summed E-state index contributed by atoms with van der Waals surface area (Å²) in [4.78, 5) is -0.00587. The number of aryl methyl sites for hydroxylation is 1. The molecule has 0 unspecified atom stereocenters. The highest BCUT2D eigenvalue weighted by atomic mass is 32.2. The predicted molar refractivity (Wildman–Crippen MR) is 96.1 cm³/mol. The van der Waals surface area contributed by atoms with E-state index in [0.29, 0.717) is 0 Å². The maximum atomic E-state index is 12.9. The number of sulfonamides is 1. The molecule has 0 bridgehead atoms. The molecule has 0 aliphatic carbocycles. The Morgan fingerprint density at radius 2 is 1.42 bits per heavy atom. The molecular formula is C14H23NO8S3. The van der Waals surface area contributed by atoms with Crippen LogP contribution >= 0.6 is 0 Å². The van der Waals surface area contributed by atoms with E-state index in [2.05, 4.69) is 8.37 Å². The molecule has 0 spiro atoms. The summed E-state index contributed by atoms with van der Waals surface area (Å²) < 4.78 is 80.5. The van der Waals surface area contributed by atoms with Gasteiger partial charge < -0.3 is 0 Å². The third-order valence-electron chi connectivity index (χ3n) is 3.25. The highest BCUT2D eigenvalue weighted by molar-refractivity contribution is 7.89. The fraction of sp³-hybridized carbons (Fsp3) is 0.571. The number of benzene rings is 1. The minimum absolute atomic E-state index is 0.00587. The van der Waals surface area contributed by atoms with Gasteiger partial charge in [-0.3, -0.25) is 8.37 Å². The molecule has 1 atom stereocenters. The lowest BCUT2D eigenvalue weighted by Gasteiger charge is -2.27. The largest absolute Gasteiger partial charge is 0.269 e. The Morgan fingerprint density at radius 3 is 1.88 bits per heavy atom. The van der Waals surface area contributed by atoms with E-state index < -0.39 is 49.5 Å². The third kappa shape index (κ3) is 7.68. The first-order valence-electron chi connectivity index (χ1n) is 7.50. The van der Waals surface area contributed by atoms with E-state index in [1.165, 1.54) is 19.1 Å². The normalized spacial score (nSPS) is 14.5. The van der Waals surface area contributed by atoms with Gasteiger partial charge in [-0.25, -0.2) is 8.42 Å². The van der Waals surface area contributed by atoms with Crippen LogP contribution in [0.2, 0.25) is 0 Å². The van der Waals surface area contributed by atoms with E-state index in [9.17, 15) is 25.3 Å². The average Bonchev–Trinajstić information content (AvgIpc) is 2.47. The van der Waals surface area contributed by atoms with Gasteiger partial charge in [0.2, 0.25) is 10.0 Å². The Balaban J connectivity index is 3.10. The van der Waals surface area contributed by atoms with Crippen molar-refractivity contribution in [3.8, 4) is 0 Å². The van der Waals surface area contributed by atoms with Gasteiger partial charge in [0, 0.05) is 12.6 Å². The van der Waals surface area contributed by atoms with Crippen molar-refractivity contribution in [2.45, 2.75) is 24.8 Å². The standard InChI is InChI=1S/C14H23NO8S3/c1-12-5-7-14(8-6-12)26(20,21)15(9-10-22-24(3,16)17)13(2)11-23-25(4,18)19/h5-8,13H,9-11H2,1-4H3/t13-/m1/s1. The summed E-state index contributed by atoms with van der Waals surface area (Å²) in [7, 11) is -11.5. The van der Waals surface area contributed by atoms with Crippen LogP contribution in [0.3, 0.4) is 0 Å². The van der Waals surface area contributed by atoms with Gasteiger partial charge in [-0.05, 0) is 26.0 Å². The SMILES string of the molecule is Cc1ccc(S(=O)(=O)N(CCOS(C)(=O)=O)[C@H](C)COS(C)(=O)=O)cc1. The quantitative estimate of drug-likeness (QED) is 0.487. The fourth-order valence-corrected chi connectivity index (χ4v) is 4.43. The smallest absolute Gasteiger partial charge is 0.264 e. The van der Waals surface area contributed by atoms with Crippen LogP contribution in [-0.2, 0) is 38.6 Å². The van der Waals surface area contributed by atoms with Gasteiger partial charge in [0.05, 0.1) is 30.6 Å². The van der Waals surface area contributed by atoms with Crippen LogP contribution in [0.15, 0.2) is 29.2 Å². The molecule has 0 fully saturated rings. The molecule has 26 heavy (non-hydrogen) atoms. The Hall–Kier alpha value is -1.05. The zero-order chi connectivity index (χ0) is 20.2. The Bertz CT molecular complexity index is 905. The molecule has 0 heterocycles. The van der Waals surface area contributed by atoms with Crippen molar-refractivity contribution in [3.05, 3.63) is 29.8 Å². The van der Waals surface area contributed by atoms with Crippen LogP contribution in [0.4, 0.5) is 0 Å². The zero-order valence-electron chi connectivity index (χ0n) is 14.9. The van der Waals surface area contributed by atoms with Crippen LogP contribution in [-0.4, -0.2) is 67.9 Å². The molecule has 0 aromatic heterocycles. The van der Waals surface area contributed by atoms with Crippen molar-refractivity contribution in [1.29, 1.82) is 0 Å². The second-order valence-corrected chi connectivity index (χ2v) is 11.0. The van der Waals surface area contributed by atoms with Gasteiger partial charge in [0.25, 0.3) is 20.2 Å². The van der Waals surface area contributed by atoms with Crippen LogP contribution in [0.5, 0.6) is 0 Å². The summed E-state index contributed by atoms with van der Waals surface area (Å²) in [5.41, 5.74) is 0.865. The van der Waals surface area contributed by atoms with Crippen molar-refractivity contribution in [2.75, 3.05) is 32.3 Å². The molecule has 150 valence electrons. The van der Waals surface area contributed by atoms with Gasteiger partial charge in [0.1, 0.15) is 0 Å². The van der Waals surface area contributed by atoms with Gasteiger partial charge in [-0.15, -0.1) is 0 Å². The Labute approximate surface area is 155 Å². The molecule has 1 aromatic carbocycles. The summed E-state index contributed by atoms with van der Waals surface area (Å²) in [6.45, 7) is 2.14. The molecule has 0 aliphatic heterocycles. The second-order valence-electron chi connectivity index (χ2n) is 5.79. The maximum absolute atomic E-state index is 12.9. The Morgan fingerprint density at radius 1 is 0.923 bits per heavy atom. The van der Waals surface area contributed by atoms with Crippen molar-refractivity contribution in [3.63, 3.8) is 0 Å². The monoisotopic (exact) mass is 429 g/mol. The lowest BCUT2D eigenvalue weighted by Crippen LogP contribution is -2.43. The van der Waals surface area contributed by atoms with E-state index in [0.717, 1.165) is 22.4 Å². The highest BCUT2D eigenvalue weighted by Crippen LogP contribution is 2.19. The van der Waals surface area contributed by atoms with Crippen LogP contribution in [0.25, 0.3) is 0 Å². The lowest BCUT2D eigenvalue weighted by atomic mass is 10.2. The van der Waals surface area contributed by atoms with Crippen LogP contribution < -0.4 is 0 Å². The van der Waals surface area contributed by atoms with Gasteiger partial charge >= 0.3 is 0 Å². The van der Waals surface area contributed by atoms with Crippen molar-refractivity contribution < 1.29 is 33.6 Å². The maximum Gasteiger partial charge on any atom is 0.264 e. The first-order valence-corrected chi connectivity index (χ1v) is 12.6. The summed E-state index contributed by atoms with van der Waals surface area (Å²) >= 11 is 0. The summed E-state index contributed by atoms with van der Waals surface area (Å²) in [5, 5.41) is 0. The molecule has 0 amide bonds. The zero-order valence-corrected chi connectivity index (χ0v) is 17.4. The topological polar surface area (TPSA) is 124 Å². The first kappa shape index (κ1) is 23.0. The molecule has 0 saturated heterocycles. The summed E-state index contributed by atoms with van der Waals surface area (Å²) in [6, 6.07) is 5.20. The molecule has 1 rings (SSSR count). The second kappa shape index (κ2) is 8.76. The van der Waals surface area contributed by atoms with E-state index >= 15 is 0 Å². The predicted octanol–water partition coefficient (Wildman–Crippen LogP) is 0.327. The first-order chi connectivity index (χ1) is 11.7. The van der Waals surface area contributed by atoms with Crippen molar-refractivity contribution in [1.82, 2.24) is 4.31 Å². The molecule has 0 N–H and O–H groups in total. The number of rotatable bonds is 10. The van der Waals surface area contributed by atoms with Crippen LogP contribution in [0.1, 0.15) is 12.5 Å². The van der Waals surface area contributed by atoms with Crippen LogP contribution in [0, 0.1) is 6.92 Å². The highest BCUT2D eigenvalue weighted by Gasteiger charge is 2.30. The van der Waals surface area contributed by atoms with Gasteiger partial charge in [-0.1, -0.05) is 17.7 Å². The Kier molecular flexibility index (Phi) is 7.74. The van der Waals surface area contributed by atoms with Crippen molar-refractivity contribution in [2.24, 2.45) is 0 Å². The van der Waals surface area contributed by atoms with Crippen molar-refractivity contribution >= 4 is 30.3 Å². The minimum atomic E-state index is -4.02. The number of hydrogen-bond acceptors (Lipinski definition) is 8. The van der Waals surface area contributed by atoms with E-state index in [-0.39, 0.29) is 11.4 Å². The molecule has 1 aromatic rings. The van der Waals surface area contributed by atoms with Gasteiger partial charge in [0.15, 0.2) is 0 Å². The van der Waals surface area contributed by atoms with Gasteiger partial charge in [-0.2, -0.15) is 21.1 Å². The summed E-state index contributed by atoms with van der Waals surface area (Å²) in [5.74, 6) is 0. The molecular weight excluding hydrogens is 406 g/mol. The minimum Gasteiger partial charge on any atom is -0.269 e. The average molecular weight is 430 g/mol.